The summed E-state index contributed by atoms with van der Waals surface area (Å²) in [4.78, 5) is 35.3. The number of carbonyl (C=O) groups is 3. The molecule has 1 aromatic rings. The third-order valence-corrected chi connectivity index (χ3v) is 4.14. The zero-order valence-corrected chi connectivity index (χ0v) is 13.6. The van der Waals surface area contributed by atoms with Gasteiger partial charge in [-0.15, -0.1) is 0 Å². The summed E-state index contributed by atoms with van der Waals surface area (Å²) in [7, 11) is 0. The number of phenolic OH excluding ortho intramolecular Hbond substituents is 1. The molecule has 24 heavy (non-hydrogen) atoms. The zero-order chi connectivity index (χ0) is 17.5. The number of nitrogens with one attached hydrogen (secondary N) is 2. The first kappa shape index (κ1) is 17.8. The second-order valence-electron chi connectivity index (χ2n) is 5.98. The maximum Gasteiger partial charge on any atom is 0.342 e. The van der Waals surface area contributed by atoms with Gasteiger partial charge in [-0.2, -0.15) is 0 Å². The van der Waals surface area contributed by atoms with Gasteiger partial charge >= 0.3 is 12.0 Å². The molecule has 0 radical (unpaired) electrons. The van der Waals surface area contributed by atoms with Crippen molar-refractivity contribution < 1.29 is 24.2 Å². The quantitative estimate of drug-likeness (QED) is 0.730. The maximum atomic E-state index is 11.8. The zero-order valence-electron chi connectivity index (χ0n) is 13.6. The van der Waals surface area contributed by atoms with E-state index in [1.165, 1.54) is 12.1 Å². The molecule has 1 aliphatic carbocycles. The first-order valence-electron chi connectivity index (χ1n) is 8.03. The second-order valence-corrected chi connectivity index (χ2v) is 5.98. The lowest BCUT2D eigenvalue weighted by Gasteiger charge is -2.29. The fourth-order valence-electron chi connectivity index (χ4n) is 2.75. The summed E-state index contributed by atoms with van der Waals surface area (Å²) in [5.41, 5.74) is -0.0363. The van der Waals surface area contributed by atoms with Crippen LogP contribution < -0.4 is 10.6 Å². The van der Waals surface area contributed by atoms with Crippen molar-refractivity contribution in [3.8, 4) is 5.75 Å². The highest BCUT2D eigenvalue weighted by atomic mass is 16.5. The van der Waals surface area contributed by atoms with Gasteiger partial charge in [0.1, 0.15) is 11.3 Å². The van der Waals surface area contributed by atoms with Gasteiger partial charge < -0.3 is 15.2 Å². The Kier molecular flexibility index (Phi) is 6.17. The molecule has 1 aliphatic rings. The summed E-state index contributed by atoms with van der Waals surface area (Å²) >= 11 is 0. The van der Waals surface area contributed by atoms with Gasteiger partial charge in [0.25, 0.3) is 5.91 Å². The SMILES string of the molecule is C[C@H]1CCCC[C@@H]1NC(=O)NC(=O)COC(=O)c1ccccc1O. The van der Waals surface area contributed by atoms with Crippen molar-refractivity contribution in [2.75, 3.05) is 6.61 Å². The van der Waals surface area contributed by atoms with E-state index in [1.54, 1.807) is 12.1 Å². The van der Waals surface area contributed by atoms with Gasteiger partial charge in [-0.25, -0.2) is 9.59 Å². The van der Waals surface area contributed by atoms with Crippen LogP contribution in [0.5, 0.6) is 5.75 Å². The summed E-state index contributed by atoms with van der Waals surface area (Å²) in [5, 5.41) is 14.5. The van der Waals surface area contributed by atoms with Gasteiger partial charge in [0.15, 0.2) is 6.61 Å². The largest absolute Gasteiger partial charge is 0.507 e. The number of hydrogen-bond donors (Lipinski definition) is 3. The molecular weight excluding hydrogens is 312 g/mol. The molecular formula is C17H22N2O5. The number of benzene rings is 1. The van der Waals surface area contributed by atoms with Gasteiger partial charge in [-0.3, -0.25) is 10.1 Å². The minimum Gasteiger partial charge on any atom is -0.507 e. The van der Waals surface area contributed by atoms with Crippen molar-refractivity contribution in [2.45, 2.75) is 38.6 Å². The van der Waals surface area contributed by atoms with Gasteiger partial charge in [0.05, 0.1) is 0 Å². The Balaban J connectivity index is 1.75. The second kappa shape index (κ2) is 8.33. The number of imide groups is 1. The fourth-order valence-corrected chi connectivity index (χ4v) is 2.75. The third-order valence-electron chi connectivity index (χ3n) is 4.14. The molecule has 2 rings (SSSR count). The van der Waals surface area contributed by atoms with E-state index in [1.807, 2.05) is 0 Å². The number of rotatable bonds is 4. The van der Waals surface area contributed by atoms with Gasteiger partial charge in [-0.05, 0) is 30.9 Å². The average Bonchev–Trinajstić information content (AvgIpc) is 2.55. The molecule has 130 valence electrons. The van der Waals surface area contributed by atoms with Crippen LogP contribution in [0.4, 0.5) is 4.79 Å². The van der Waals surface area contributed by atoms with Crippen molar-refractivity contribution in [3.05, 3.63) is 29.8 Å². The Morgan fingerprint density at radius 1 is 1.21 bits per heavy atom. The predicted molar refractivity (Wildman–Crippen MR) is 86.5 cm³/mol. The molecule has 0 aliphatic heterocycles. The molecule has 0 bridgehead atoms. The van der Waals surface area contributed by atoms with Crippen LogP contribution in [0.25, 0.3) is 0 Å². The van der Waals surface area contributed by atoms with Crippen molar-refractivity contribution in [1.29, 1.82) is 0 Å². The lowest BCUT2D eigenvalue weighted by atomic mass is 9.86. The highest BCUT2D eigenvalue weighted by Crippen LogP contribution is 2.23. The van der Waals surface area contributed by atoms with E-state index >= 15 is 0 Å². The van der Waals surface area contributed by atoms with Crippen LogP contribution in [0, 0.1) is 5.92 Å². The predicted octanol–water partition coefficient (Wildman–Crippen LogP) is 1.95. The highest BCUT2D eigenvalue weighted by Gasteiger charge is 2.23. The smallest absolute Gasteiger partial charge is 0.342 e. The standard InChI is InChI=1S/C17H22N2O5/c1-11-6-2-4-8-13(11)18-17(23)19-15(21)10-24-16(22)12-7-3-5-9-14(12)20/h3,5,7,9,11,13,20H,2,4,6,8,10H2,1H3,(H2,18,19,21,23)/t11-,13-/m0/s1. The van der Waals surface area contributed by atoms with Gasteiger partial charge in [-0.1, -0.05) is 31.9 Å². The molecule has 1 fully saturated rings. The Morgan fingerprint density at radius 2 is 1.92 bits per heavy atom. The average molecular weight is 334 g/mol. The first-order valence-corrected chi connectivity index (χ1v) is 8.03. The molecule has 0 heterocycles. The molecule has 0 unspecified atom stereocenters. The number of phenols is 1. The Labute approximate surface area is 140 Å². The minimum atomic E-state index is -0.829. The molecule has 1 saturated carbocycles. The van der Waals surface area contributed by atoms with Crippen molar-refractivity contribution in [3.63, 3.8) is 0 Å². The van der Waals surface area contributed by atoms with E-state index < -0.39 is 24.5 Å². The maximum absolute atomic E-state index is 11.8. The number of ether oxygens (including phenoxy) is 1. The summed E-state index contributed by atoms with van der Waals surface area (Å²) in [6.07, 6.45) is 4.16. The fraction of sp³-hybridized carbons (Fsp3) is 0.471. The number of para-hydroxylation sites is 1. The van der Waals surface area contributed by atoms with Crippen LogP contribution in [0.15, 0.2) is 24.3 Å². The molecule has 1 aromatic carbocycles. The summed E-state index contributed by atoms with van der Waals surface area (Å²) in [6, 6.07) is 5.32. The molecule has 7 nitrogen and oxygen atoms in total. The van der Waals surface area contributed by atoms with Crippen LogP contribution in [-0.4, -0.2) is 35.7 Å². The number of carbonyl (C=O) groups excluding carboxylic acids is 3. The molecule has 0 spiro atoms. The van der Waals surface area contributed by atoms with Crippen LogP contribution >= 0.6 is 0 Å². The first-order chi connectivity index (χ1) is 11.5. The minimum absolute atomic E-state index is 0.0363. The molecule has 7 heteroatoms. The Hall–Kier alpha value is -2.57. The number of urea groups is 1. The van der Waals surface area contributed by atoms with Crippen LogP contribution in [-0.2, 0) is 9.53 Å². The van der Waals surface area contributed by atoms with E-state index in [0.717, 1.165) is 25.7 Å². The van der Waals surface area contributed by atoms with E-state index in [4.69, 9.17) is 4.74 Å². The summed E-state index contributed by atoms with van der Waals surface area (Å²) in [6.45, 7) is 1.47. The number of hydrogen-bond acceptors (Lipinski definition) is 5. The Bertz CT molecular complexity index is 617. The summed E-state index contributed by atoms with van der Waals surface area (Å²) in [5.74, 6) is -1.41. The van der Waals surface area contributed by atoms with Crippen LogP contribution in [0.1, 0.15) is 43.0 Å². The van der Waals surface area contributed by atoms with E-state index in [0.29, 0.717) is 5.92 Å². The number of esters is 1. The number of amides is 3. The van der Waals surface area contributed by atoms with E-state index in [9.17, 15) is 19.5 Å². The van der Waals surface area contributed by atoms with Crippen LogP contribution in [0.3, 0.4) is 0 Å². The van der Waals surface area contributed by atoms with Crippen molar-refractivity contribution >= 4 is 17.9 Å². The van der Waals surface area contributed by atoms with Crippen molar-refractivity contribution in [1.82, 2.24) is 10.6 Å². The monoisotopic (exact) mass is 334 g/mol. The van der Waals surface area contributed by atoms with Gasteiger partial charge in [0.2, 0.25) is 0 Å². The lowest BCUT2D eigenvalue weighted by Crippen LogP contribution is -2.48. The third kappa shape index (κ3) is 4.97. The molecule has 3 N–H and O–H groups in total. The normalized spacial score (nSPS) is 20.0. The van der Waals surface area contributed by atoms with Crippen molar-refractivity contribution in [2.24, 2.45) is 5.92 Å². The molecule has 0 aromatic heterocycles. The topological polar surface area (TPSA) is 105 Å². The molecule has 2 atom stereocenters. The van der Waals surface area contributed by atoms with E-state index in [-0.39, 0.29) is 17.4 Å². The molecule has 0 saturated heterocycles. The van der Waals surface area contributed by atoms with E-state index in [2.05, 4.69) is 17.6 Å². The van der Waals surface area contributed by atoms with Crippen LogP contribution in [0.2, 0.25) is 0 Å². The number of aromatic hydroxyl groups is 1. The lowest BCUT2D eigenvalue weighted by molar-refractivity contribution is -0.123. The Morgan fingerprint density at radius 3 is 2.62 bits per heavy atom. The van der Waals surface area contributed by atoms with Gasteiger partial charge in [0, 0.05) is 6.04 Å². The summed E-state index contributed by atoms with van der Waals surface area (Å²) < 4.78 is 4.79. The molecule has 3 amide bonds. The highest BCUT2D eigenvalue weighted by molar-refractivity contribution is 5.97.